The van der Waals surface area contributed by atoms with Gasteiger partial charge >= 0.3 is 0 Å². The average molecular weight is 377 g/mol. The lowest BCUT2D eigenvalue weighted by Crippen LogP contribution is -2.33. The molecule has 0 spiro atoms. The third kappa shape index (κ3) is 5.23. The van der Waals surface area contributed by atoms with Crippen molar-refractivity contribution in [1.82, 2.24) is 5.32 Å². The van der Waals surface area contributed by atoms with E-state index in [1.807, 2.05) is 43.3 Å². The molecule has 0 saturated carbocycles. The monoisotopic (exact) mass is 377 g/mol. The van der Waals surface area contributed by atoms with Crippen molar-refractivity contribution in [2.45, 2.75) is 19.4 Å². The van der Waals surface area contributed by atoms with Crippen LogP contribution in [0.1, 0.15) is 35.5 Å². The molecule has 0 aliphatic carbocycles. The molecule has 6 nitrogen and oxygen atoms in total. The third-order valence-electron chi connectivity index (χ3n) is 4.26. The van der Waals surface area contributed by atoms with Gasteiger partial charge in [-0.2, -0.15) is 0 Å². The summed E-state index contributed by atoms with van der Waals surface area (Å²) in [6.45, 7) is 2.18. The van der Waals surface area contributed by atoms with Crippen molar-refractivity contribution in [3.05, 3.63) is 84.3 Å². The van der Waals surface area contributed by atoms with E-state index in [4.69, 9.17) is 4.42 Å². The predicted octanol–water partition coefficient (Wildman–Crippen LogP) is 4.21. The summed E-state index contributed by atoms with van der Waals surface area (Å²) in [6, 6.07) is 20.3. The smallest absolute Gasteiger partial charge is 0.291 e. The van der Waals surface area contributed by atoms with Crippen LogP contribution in [0.3, 0.4) is 0 Å². The fourth-order valence-corrected chi connectivity index (χ4v) is 2.84. The third-order valence-corrected chi connectivity index (χ3v) is 4.26. The fraction of sp³-hybridized carbons (Fsp3) is 0.182. The van der Waals surface area contributed by atoms with Gasteiger partial charge in [0.2, 0.25) is 5.91 Å². The Bertz CT molecular complexity index is 908. The summed E-state index contributed by atoms with van der Waals surface area (Å²) in [4.78, 5) is 24.4. The topological polar surface area (TPSA) is 83.4 Å². The minimum atomic E-state index is -0.325. The molecule has 1 unspecified atom stereocenters. The SMILES string of the molecule is CCC(NC(=O)CNc1cccc(NC(=O)c2ccco2)c1)c1ccccc1. The fourth-order valence-electron chi connectivity index (χ4n) is 2.84. The Kier molecular flexibility index (Phi) is 6.46. The first-order valence-corrected chi connectivity index (χ1v) is 9.19. The molecule has 2 amide bonds. The Morgan fingerprint density at radius 2 is 1.75 bits per heavy atom. The van der Waals surface area contributed by atoms with Crippen LogP contribution in [0.2, 0.25) is 0 Å². The number of carbonyl (C=O) groups is 2. The molecular weight excluding hydrogens is 354 g/mol. The number of anilines is 2. The Balaban J connectivity index is 1.54. The van der Waals surface area contributed by atoms with Gasteiger partial charge in [-0.05, 0) is 42.3 Å². The van der Waals surface area contributed by atoms with Gasteiger partial charge in [-0.1, -0.05) is 43.3 Å². The Morgan fingerprint density at radius 3 is 2.46 bits per heavy atom. The van der Waals surface area contributed by atoms with Gasteiger partial charge in [-0.25, -0.2) is 0 Å². The molecule has 1 aromatic heterocycles. The zero-order valence-corrected chi connectivity index (χ0v) is 15.6. The van der Waals surface area contributed by atoms with Crippen LogP contribution in [-0.4, -0.2) is 18.4 Å². The van der Waals surface area contributed by atoms with Crippen LogP contribution in [0.4, 0.5) is 11.4 Å². The van der Waals surface area contributed by atoms with Crippen molar-refractivity contribution in [3.63, 3.8) is 0 Å². The Morgan fingerprint density at radius 1 is 0.964 bits per heavy atom. The minimum absolute atomic E-state index is 0.0191. The zero-order chi connectivity index (χ0) is 19.8. The number of benzene rings is 2. The molecular formula is C22H23N3O3. The van der Waals surface area contributed by atoms with Gasteiger partial charge < -0.3 is 20.4 Å². The number of carbonyl (C=O) groups excluding carboxylic acids is 2. The molecule has 0 aliphatic rings. The van der Waals surface area contributed by atoms with Gasteiger partial charge in [0.25, 0.3) is 5.91 Å². The highest BCUT2D eigenvalue weighted by molar-refractivity contribution is 6.02. The lowest BCUT2D eigenvalue weighted by molar-refractivity contribution is -0.120. The normalized spacial score (nSPS) is 11.5. The van der Waals surface area contributed by atoms with Crippen LogP contribution in [0.25, 0.3) is 0 Å². The highest BCUT2D eigenvalue weighted by atomic mass is 16.3. The molecule has 0 fully saturated rings. The van der Waals surface area contributed by atoms with E-state index in [1.54, 1.807) is 30.3 Å². The van der Waals surface area contributed by atoms with Crippen LogP contribution < -0.4 is 16.0 Å². The lowest BCUT2D eigenvalue weighted by Gasteiger charge is -2.18. The molecule has 0 aliphatic heterocycles. The number of nitrogens with one attached hydrogen (secondary N) is 3. The first kappa shape index (κ1) is 19.2. The lowest BCUT2D eigenvalue weighted by atomic mass is 10.0. The predicted molar refractivity (Wildman–Crippen MR) is 109 cm³/mol. The molecule has 144 valence electrons. The zero-order valence-electron chi connectivity index (χ0n) is 15.6. The van der Waals surface area contributed by atoms with Crippen molar-refractivity contribution in [2.75, 3.05) is 17.2 Å². The summed E-state index contributed by atoms with van der Waals surface area (Å²) < 4.78 is 5.08. The summed E-state index contributed by atoms with van der Waals surface area (Å²) in [5, 5.41) is 8.88. The summed E-state index contributed by atoms with van der Waals surface area (Å²) in [6.07, 6.45) is 2.26. The Hall–Kier alpha value is -3.54. The van der Waals surface area contributed by atoms with Crippen LogP contribution in [0.5, 0.6) is 0 Å². The highest BCUT2D eigenvalue weighted by Gasteiger charge is 2.12. The molecule has 0 radical (unpaired) electrons. The molecule has 1 heterocycles. The van der Waals surface area contributed by atoms with Crippen LogP contribution >= 0.6 is 0 Å². The largest absolute Gasteiger partial charge is 0.459 e. The molecule has 2 aromatic carbocycles. The summed E-state index contributed by atoms with van der Waals surface area (Å²) in [7, 11) is 0. The first-order valence-electron chi connectivity index (χ1n) is 9.19. The van der Waals surface area contributed by atoms with Crippen LogP contribution in [0.15, 0.2) is 77.4 Å². The van der Waals surface area contributed by atoms with Crippen LogP contribution in [-0.2, 0) is 4.79 Å². The Labute approximate surface area is 164 Å². The molecule has 3 aromatic rings. The van der Waals surface area contributed by atoms with E-state index in [0.717, 1.165) is 17.7 Å². The van der Waals surface area contributed by atoms with E-state index in [2.05, 4.69) is 16.0 Å². The maximum atomic E-state index is 12.3. The van der Waals surface area contributed by atoms with Gasteiger partial charge in [0.1, 0.15) is 0 Å². The number of rotatable bonds is 8. The molecule has 3 N–H and O–H groups in total. The molecule has 0 saturated heterocycles. The van der Waals surface area contributed by atoms with Crippen molar-refractivity contribution < 1.29 is 14.0 Å². The van der Waals surface area contributed by atoms with Gasteiger partial charge in [-0.3, -0.25) is 9.59 Å². The summed E-state index contributed by atoms with van der Waals surface area (Å²) >= 11 is 0. The van der Waals surface area contributed by atoms with E-state index in [-0.39, 0.29) is 30.2 Å². The second kappa shape index (κ2) is 9.41. The molecule has 0 bridgehead atoms. The number of hydrogen-bond donors (Lipinski definition) is 3. The van der Waals surface area contributed by atoms with Crippen LogP contribution in [0, 0.1) is 0 Å². The maximum Gasteiger partial charge on any atom is 0.291 e. The summed E-state index contributed by atoms with van der Waals surface area (Å²) in [5.74, 6) is -0.182. The standard InChI is InChI=1S/C22H23N3O3/c1-2-19(16-8-4-3-5-9-16)25-21(26)15-23-17-10-6-11-18(14-17)24-22(27)20-12-7-13-28-20/h3-14,19,23H,2,15H2,1H3,(H,24,27)(H,25,26). The molecule has 28 heavy (non-hydrogen) atoms. The van der Waals surface area contributed by atoms with Gasteiger partial charge in [0.05, 0.1) is 18.8 Å². The second-order valence-corrected chi connectivity index (χ2v) is 6.30. The number of amides is 2. The van der Waals surface area contributed by atoms with E-state index in [0.29, 0.717) is 5.69 Å². The van der Waals surface area contributed by atoms with Gasteiger partial charge in [0.15, 0.2) is 5.76 Å². The van der Waals surface area contributed by atoms with Crippen molar-refractivity contribution in [1.29, 1.82) is 0 Å². The van der Waals surface area contributed by atoms with E-state index in [9.17, 15) is 9.59 Å². The highest BCUT2D eigenvalue weighted by Crippen LogP contribution is 2.17. The maximum absolute atomic E-state index is 12.3. The number of furan rings is 1. The average Bonchev–Trinajstić information content (AvgIpc) is 3.26. The molecule has 6 heteroatoms. The van der Waals surface area contributed by atoms with Crippen molar-refractivity contribution in [2.24, 2.45) is 0 Å². The van der Waals surface area contributed by atoms with Gasteiger partial charge in [0, 0.05) is 11.4 Å². The minimum Gasteiger partial charge on any atom is -0.459 e. The van der Waals surface area contributed by atoms with E-state index >= 15 is 0 Å². The van der Waals surface area contributed by atoms with Crippen molar-refractivity contribution in [3.8, 4) is 0 Å². The quantitative estimate of drug-likeness (QED) is 0.549. The first-order chi connectivity index (χ1) is 13.7. The number of hydrogen-bond acceptors (Lipinski definition) is 4. The van der Waals surface area contributed by atoms with Gasteiger partial charge in [-0.15, -0.1) is 0 Å². The summed E-state index contributed by atoms with van der Waals surface area (Å²) in [5.41, 5.74) is 2.43. The molecule has 1 atom stereocenters. The second-order valence-electron chi connectivity index (χ2n) is 6.30. The van der Waals surface area contributed by atoms with E-state index < -0.39 is 0 Å². The van der Waals surface area contributed by atoms with Crippen molar-refractivity contribution >= 4 is 23.2 Å². The van der Waals surface area contributed by atoms with E-state index in [1.165, 1.54) is 6.26 Å². The molecule has 3 rings (SSSR count).